The summed E-state index contributed by atoms with van der Waals surface area (Å²) in [5, 5.41) is 8.84. The minimum absolute atomic E-state index is 0.0112. The third-order valence-electron chi connectivity index (χ3n) is 10.3. The third-order valence-corrected chi connectivity index (χ3v) is 10.3. The Hall–Kier alpha value is -1.06. The summed E-state index contributed by atoms with van der Waals surface area (Å²) in [5.41, 5.74) is 0. The molecule has 0 saturated carbocycles. The molecule has 0 radical (unpaired) electrons. The summed E-state index contributed by atoms with van der Waals surface area (Å²) in [6, 6.07) is 0. The lowest BCUT2D eigenvalue weighted by Gasteiger charge is -2.18. The van der Waals surface area contributed by atoms with E-state index < -0.39 is 5.97 Å². The monoisotopic (exact) mass is 679 g/mol. The Kier molecular flexibility index (Phi) is 39.5. The smallest absolute Gasteiger partial charge is 0.306 e. The number of aliphatic carboxylic acids is 1. The lowest BCUT2D eigenvalue weighted by molar-refractivity contribution is -0.150. The molecule has 0 saturated heterocycles. The maximum Gasteiger partial charge on any atom is 0.306 e. The molecule has 1 unspecified atom stereocenters. The van der Waals surface area contributed by atoms with Crippen molar-refractivity contribution < 1.29 is 19.4 Å². The van der Waals surface area contributed by atoms with Gasteiger partial charge in [-0.15, -0.1) is 0 Å². The highest BCUT2D eigenvalue weighted by atomic mass is 16.5. The van der Waals surface area contributed by atoms with Crippen molar-refractivity contribution in [2.24, 2.45) is 0 Å². The highest BCUT2D eigenvalue weighted by Crippen LogP contribution is 2.19. The van der Waals surface area contributed by atoms with Gasteiger partial charge in [-0.05, 0) is 38.5 Å². The van der Waals surface area contributed by atoms with Crippen molar-refractivity contribution in [2.75, 3.05) is 0 Å². The first-order valence-electron chi connectivity index (χ1n) is 22.0. The second-order valence-electron chi connectivity index (χ2n) is 15.3. The topological polar surface area (TPSA) is 63.6 Å². The van der Waals surface area contributed by atoms with E-state index in [0.29, 0.717) is 6.42 Å². The van der Waals surface area contributed by atoms with E-state index in [1.165, 1.54) is 173 Å². The number of carboxylic acids is 1. The number of esters is 1. The van der Waals surface area contributed by atoms with Crippen molar-refractivity contribution in [3.05, 3.63) is 0 Å². The molecule has 0 aliphatic heterocycles. The van der Waals surface area contributed by atoms with Crippen LogP contribution in [-0.2, 0) is 14.3 Å². The molecule has 4 heteroatoms. The van der Waals surface area contributed by atoms with Crippen molar-refractivity contribution in [1.29, 1.82) is 0 Å². The van der Waals surface area contributed by atoms with Gasteiger partial charge in [-0.1, -0.05) is 213 Å². The molecule has 1 atom stereocenters. The van der Waals surface area contributed by atoms with Crippen LogP contribution in [0.4, 0.5) is 0 Å². The van der Waals surface area contributed by atoms with Crippen LogP contribution in [0.25, 0.3) is 0 Å². The second kappa shape index (κ2) is 40.4. The van der Waals surface area contributed by atoms with Crippen LogP contribution < -0.4 is 0 Å². The average molecular weight is 679 g/mol. The van der Waals surface area contributed by atoms with E-state index in [2.05, 4.69) is 13.8 Å². The Morgan fingerprint density at radius 2 is 0.625 bits per heavy atom. The van der Waals surface area contributed by atoms with Gasteiger partial charge in [0.1, 0.15) is 6.10 Å². The van der Waals surface area contributed by atoms with Gasteiger partial charge >= 0.3 is 11.9 Å². The lowest BCUT2D eigenvalue weighted by Crippen LogP contribution is -2.18. The summed E-state index contributed by atoms with van der Waals surface area (Å²) in [5.74, 6) is -0.684. The summed E-state index contributed by atoms with van der Waals surface area (Å²) in [4.78, 5) is 23.4. The summed E-state index contributed by atoms with van der Waals surface area (Å²) in [7, 11) is 0. The first-order chi connectivity index (χ1) is 23.6. The zero-order valence-corrected chi connectivity index (χ0v) is 32.8. The Morgan fingerprint density at radius 3 is 0.917 bits per heavy atom. The van der Waals surface area contributed by atoms with Crippen molar-refractivity contribution in [3.8, 4) is 0 Å². The molecule has 4 nitrogen and oxygen atoms in total. The van der Waals surface area contributed by atoms with Gasteiger partial charge in [-0.3, -0.25) is 9.59 Å². The third kappa shape index (κ3) is 39.4. The van der Waals surface area contributed by atoms with Crippen molar-refractivity contribution in [2.45, 2.75) is 270 Å². The first-order valence-corrected chi connectivity index (χ1v) is 22.0. The van der Waals surface area contributed by atoms with Crippen LogP contribution in [0.2, 0.25) is 0 Å². The zero-order valence-electron chi connectivity index (χ0n) is 32.8. The highest BCUT2D eigenvalue weighted by Gasteiger charge is 2.14. The van der Waals surface area contributed by atoms with Crippen molar-refractivity contribution in [1.82, 2.24) is 0 Å². The van der Waals surface area contributed by atoms with E-state index >= 15 is 0 Å². The van der Waals surface area contributed by atoms with Gasteiger partial charge in [0.05, 0.1) is 0 Å². The van der Waals surface area contributed by atoms with Crippen LogP contribution in [0.15, 0.2) is 0 Å². The molecule has 0 spiro atoms. The number of carbonyl (C=O) groups is 2. The predicted molar refractivity (Wildman–Crippen MR) is 209 cm³/mol. The van der Waals surface area contributed by atoms with E-state index in [1.807, 2.05) is 0 Å². The van der Waals surface area contributed by atoms with Crippen LogP contribution in [0.1, 0.15) is 264 Å². The molecule has 1 N–H and O–H groups in total. The largest absolute Gasteiger partial charge is 0.481 e. The number of hydrogen-bond donors (Lipinski definition) is 1. The molecule has 0 aliphatic carbocycles. The standard InChI is InChI=1S/C44H86O4/c1-3-5-7-9-11-13-15-17-18-19-20-22-24-26-28-33-37-41-44(47)48-42(39-35-31-29-32-36-40-43(45)46)38-34-30-27-25-23-21-16-14-12-10-8-6-4-2/h42H,3-41H2,1-2H3,(H,45,46). The number of carboxylic acid groups (broad SMARTS) is 1. The minimum atomic E-state index is -0.695. The first kappa shape index (κ1) is 46.9. The summed E-state index contributed by atoms with van der Waals surface area (Å²) >= 11 is 0. The number of ether oxygens (including phenoxy) is 1. The van der Waals surface area contributed by atoms with E-state index in [-0.39, 0.29) is 18.5 Å². The molecule has 0 aromatic carbocycles. The molecule has 0 aliphatic rings. The number of hydrogen-bond acceptors (Lipinski definition) is 3. The summed E-state index contributed by atoms with van der Waals surface area (Å²) < 4.78 is 6.03. The zero-order chi connectivity index (χ0) is 35.0. The SMILES string of the molecule is CCCCCCCCCCCCCCCCCCCC(=O)OC(CCCCCCCCCCCCCCC)CCCCCCCC(=O)O. The molecular formula is C44H86O4. The predicted octanol–water partition coefficient (Wildman–Crippen LogP) is 15.2. The fourth-order valence-corrected chi connectivity index (χ4v) is 7.07. The molecule has 286 valence electrons. The molecule has 0 amide bonds. The molecule has 48 heavy (non-hydrogen) atoms. The number of unbranched alkanes of at least 4 members (excludes halogenated alkanes) is 32. The molecule has 0 heterocycles. The van der Waals surface area contributed by atoms with Crippen LogP contribution in [0.5, 0.6) is 0 Å². The Morgan fingerprint density at radius 1 is 0.375 bits per heavy atom. The summed E-state index contributed by atoms with van der Waals surface area (Å²) in [6.45, 7) is 4.57. The molecule has 0 bridgehead atoms. The molecule has 0 rings (SSSR count). The normalized spacial score (nSPS) is 12.0. The van der Waals surface area contributed by atoms with Crippen LogP contribution in [-0.4, -0.2) is 23.1 Å². The van der Waals surface area contributed by atoms with Gasteiger partial charge in [-0.2, -0.15) is 0 Å². The maximum atomic E-state index is 12.7. The second-order valence-corrected chi connectivity index (χ2v) is 15.3. The van der Waals surface area contributed by atoms with Gasteiger partial charge in [0.2, 0.25) is 0 Å². The quantitative estimate of drug-likeness (QED) is 0.0516. The molecular weight excluding hydrogens is 592 g/mol. The fourth-order valence-electron chi connectivity index (χ4n) is 7.07. The fraction of sp³-hybridized carbons (Fsp3) is 0.955. The maximum absolute atomic E-state index is 12.7. The van der Waals surface area contributed by atoms with E-state index in [9.17, 15) is 9.59 Å². The number of rotatable bonds is 41. The highest BCUT2D eigenvalue weighted by molar-refractivity contribution is 5.69. The molecule has 0 fully saturated rings. The van der Waals surface area contributed by atoms with Crippen molar-refractivity contribution in [3.63, 3.8) is 0 Å². The Labute approximate surface area is 301 Å². The van der Waals surface area contributed by atoms with Gasteiger partial charge in [-0.25, -0.2) is 0 Å². The van der Waals surface area contributed by atoms with E-state index in [1.54, 1.807) is 0 Å². The lowest BCUT2D eigenvalue weighted by atomic mass is 10.0. The molecule has 0 aromatic rings. The van der Waals surface area contributed by atoms with E-state index in [4.69, 9.17) is 9.84 Å². The van der Waals surface area contributed by atoms with E-state index in [0.717, 1.165) is 64.2 Å². The van der Waals surface area contributed by atoms with Crippen molar-refractivity contribution >= 4 is 11.9 Å². The average Bonchev–Trinajstić information content (AvgIpc) is 3.07. The van der Waals surface area contributed by atoms with Gasteiger partial charge in [0.15, 0.2) is 0 Å². The minimum Gasteiger partial charge on any atom is -0.481 e. The van der Waals surface area contributed by atoms with Crippen LogP contribution in [0, 0.1) is 0 Å². The van der Waals surface area contributed by atoms with Crippen LogP contribution >= 0.6 is 0 Å². The Bertz CT molecular complexity index is 648. The Balaban J connectivity index is 3.93. The summed E-state index contributed by atoms with van der Waals surface area (Å²) in [6.07, 6.45) is 48.5. The van der Waals surface area contributed by atoms with Gasteiger partial charge in [0.25, 0.3) is 0 Å². The van der Waals surface area contributed by atoms with Crippen LogP contribution in [0.3, 0.4) is 0 Å². The molecule has 0 aromatic heterocycles. The van der Waals surface area contributed by atoms with Gasteiger partial charge < -0.3 is 9.84 Å². The van der Waals surface area contributed by atoms with Gasteiger partial charge in [0, 0.05) is 12.8 Å². The number of carbonyl (C=O) groups excluding carboxylic acids is 1.